The number of hydrogen-bond donors (Lipinski definition) is 4. The average molecular weight is 424 g/mol. The van der Waals surface area contributed by atoms with Crippen LogP contribution in [0.1, 0.15) is 23.8 Å². The van der Waals surface area contributed by atoms with E-state index in [1.807, 2.05) is 0 Å². The Morgan fingerprint density at radius 1 is 1.10 bits per heavy atom. The molecule has 0 unspecified atom stereocenters. The standard InChI is InChI=1S/C20H24O10/c1-7-5-11(22)13-14(23)8(2)18(9(3)19(13)28-7)30-20-17(26)16(25)15(24)12(29-20)6-27-10(4)21/h5,12,15-17,20,23-26H,6H2,1-4H3/t12-,15-,16+,17-,20+/m1/s1. The second kappa shape index (κ2) is 8.23. The molecular formula is C20H24O10. The summed E-state index contributed by atoms with van der Waals surface area (Å²) >= 11 is 0. The van der Waals surface area contributed by atoms with Crippen LogP contribution >= 0.6 is 0 Å². The third-order valence-electron chi connectivity index (χ3n) is 5.04. The van der Waals surface area contributed by atoms with Gasteiger partial charge in [-0.1, -0.05) is 0 Å². The van der Waals surface area contributed by atoms with Gasteiger partial charge in [-0.15, -0.1) is 0 Å². The zero-order valence-corrected chi connectivity index (χ0v) is 16.9. The first-order valence-corrected chi connectivity index (χ1v) is 9.29. The van der Waals surface area contributed by atoms with E-state index in [0.29, 0.717) is 11.3 Å². The minimum absolute atomic E-state index is 0.00347. The van der Waals surface area contributed by atoms with E-state index in [1.165, 1.54) is 19.9 Å². The lowest BCUT2D eigenvalue weighted by Gasteiger charge is -2.40. The lowest BCUT2D eigenvalue weighted by atomic mass is 9.99. The van der Waals surface area contributed by atoms with Crippen LogP contribution in [0.5, 0.6) is 11.5 Å². The Morgan fingerprint density at radius 2 is 1.77 bits per heavy atom. The number of carbonyl (C=O) groups is 1. The van der Waals surface area contributed by atoms with E-state index >= 15 is 0 Å². The minimum atomic E-state index is -1.64. The van der Waals surface area contributed by atoms with Gasteiger partial charge in [-0.25, -0.2) is 0 Å². The summed E-state index contributed by atoms with van der Waals surface area (Å²) in [4.78, 5) is 23.4. The largest absolute Gasteiger partial charge is 0.507 e. The van der Waals surface area contributed by atoms with E-state index < -0.39 is 42.1 Å². The summed E-state index contributed by atoms with van der Waals surface area (Å²) in [5, 5.41) is 41.1. The molecule has 10 nitrogen and oxygen atoms in total. The van der Waals surface area contributed by atoms with Crippen molar-refractivity contribution in [2.45, 2.75) is 58.4 Å². The number of phenols is 1. The molecule has 0 spiro atoms. The Kier molecular flexibility index (Phi) is 6.04. The first kappa shape index (κ1) is 22.0. The van der Waals surface area contributed by atoms with Crippen LogP contribution in [0, 0.1) is 20.8 Å². The fourth-order valence-corrected chi connectivity index (χ4v) is 3.42. The predicted molar refractivity (Wildman–Crippen MR) is 102 cm³/mol. The van der Waals surface area contributed by atoms with Gasteiger partial charge in [0.2, 0.25) is 6.29 Å². The van der Waals surface area contributed by atoms with Crippen molar-refractivity contribution in [3.63, 3.8) is 0 Å². The van der Waals surface area contributed by atoms with Gasteiger partial charge in [-0.05, 0) is 20.8 Å². The first-order chi connectivity index (χ1) is 14.0. The highest BCUT2D eigenvalue weighted by Gasteiger charge is 2.45. The molecule has 0 amide bonds. The summed E-state index contributed by atoms with van der Waals surface area (Å²) in [6.45, 7) is 5.50. The lowest BCUT2D eigenvalue weighted by Crippen LogP contribution is -2.60. The van der Waals surface area contributed by atoms with Gasteiger partial charge in [0.25, 0.3) is 0 Å². The molecular weight excluding hydrogens is 400 g/mol. The summed E-state index contributed by atoms with van der Waals surface area (Å²) in [5.41, 5.74) is 0.261. The van der Waals surface area contributed by atoms with E-state index in [9.17, 15) is 30.0 Å². The van der Waals surface area contributed by atoms with Crippen LogP contribution in [0.25, 0.3) is 11.0 Å². The third kappa shape index (κ3) is 3.86. The van der Waals surface area contributed by atoms with Gasteiger partial charge in [-0.2, -0.15) is 0 Å². The van der Waals surface area contributed by atoms with Gasteiger partial charge in [0, 0.05) is 24.1 Å². The number of ether oxygens (including phenoxy) is 3. The molecule has 0 bridgehead atoms. The maximum Gasteiger partial charge on any atom is 0.302 e. The Hall–Kier alpha value is -2.66. The van der Waals surface area contributed by atoms with Gasteiger partial charge >= 0.3 is 5.97 Å². The lowest BCUT2D eigenvalue weighted by molar-refractivity contribution is -0.278. The molecule has 0 aliphatic carbocycles. The van der Waals surface area contributed by atoms with E-state index in [2.05, 4.69) is 0 Å². The van der Waals surface area contributed by atoms with Crippen molar-refractivity contribution in [2.24, 2.45) is 0 Å². The number of carbonyl (C=O) groups excluding carboxylic acids is 1. The second-order valence-electron chi connectivity index (χ2n) is 7.29. The first-order valence-electron chi connectivity index (χ1n) is 9.29. The summed E-state index contributed by atoms with van der Waals surface area (Å²) in [6.07, 6.45) is -7.43. The number of rotatable bonds is 4. The van der Waals surface area contributed by atoms with E-state index in [0.717, 1.165) is 0 Å². The van der Waals surface area contributed by atoms with Crippen LogP contribution in [0.2, 0.25) is 0 Å². The SMILES string of the molecule is CC(=O)OC[C@H]1O[C@@H](Oc2c(C)c(O)c3c(=O)cc(C)oc3c2C)[C@H](O)[C@@H](O)[C@@H]1O. The molecule has 1 aromatic heterocycles. The molecule has 30 heavy (non-hydrogen) atoms. The number of aryl methyl sites for hydroxylation is 2. The van der Waals surface area contributed by atoms with Crippen molar-refractivity contribution >= 4 is 16.9 Å². The molecule has 1 saturated heterocycles. The van der Waals surface area contributed by atoms with Gasteiger partial charge < -0.3 is 39.1 Å². The summed E-state index contributed by atoms with van der Waals surface area (Å²) < 4.78 is 21.7. The smallest absolute Gasteiger partial charge is 0.302 e. The molecule has 10 heteroatoms. The zero-order valence-electron chi connectivity index (χ0n) is 16.9. The highest BCUT2D eigenvalue weighted by molar-refractivity contribution is 5.89. The van der Waals surface area contributed by atoms with Crippen molar-refractivity contribution < 1.29 is 43.8 Å². The summed E-state index contributed by atoms with van der Waals surface area (Å²) in [7, 11) is 0. The quantitative estimate of drug-likeness (QED) is 0.499. The molecule has 2 heterocycles. The van der Waals surface area contributed by atoms with Gasteiger partial charge in [0.05, 0.1) is 0 Å². The van der Waals surface area contributed by atoms with Crippen LogP contribution in [0.3, 0.4) is 0 Å². The minimum Gasteiger partial charge on any atom is -0.507 e. The maximum absolute atomic E-state index is 12.3. The van der Waals surface area contributed by atoms with Gasteiger partial charge in [-0.3, -0.25) is 9.59 Å². The molecule has 4 N–H and O–H groups in total. The number of esters is 1. The van der Waals surface area contributed by atoms with Crippen LogP contribution in [-0.4, -0.2) is 63.7 Å². The van der Waals surface area contributed by atoms with E-state index in [-0.39, 0.29) is 34.6 Å². The summed E-state index contributed by atoms with van der Waals surface area (Å²) in [5.74, 6) is -0.548. The van der Waals surface area contributed by atoms with E-state index in [1.54, 1.807) is 13.8 Å². The Labute approximate surface area is 171 Å². The Bertz CT molecular complexity index is 1030. The Morgan fingerprint density at radius 3 is 2.40 bits per heavy atom. The van der Waals surface area contributed by atoms with Crippen LogP contribution in [0.4, 0.5) is 0 Å². The highest BCUT2D eigenvalue weighted by atomic mass is 16.7. The second-order valence-corrected chi connectivity index (χ2v) is 7.29. The van der Waals surface area contributed by atoms with Gasteiger partial charge in [0.1, 0.15) is 59.3 Å². The van der Waals surface area contributed by atoms with Crippen molar-refractivity contribution in [3.8, 4) is 11.5 Å². The average Bonchev–Trinajstić information content (AvgIpc) is 2.67. The third-order valence-corrected chi connectivity index (χ3v) is 5.04. The molecule has 1 fully saturated rings. The molecule has 2 aromatic rings. The normalized spacial score (nSPS) is 26.6. The van der Waals surface area contributed by atoms with Crippen LogP contribution in [0.15, 0.2) is 15.3 Å². The van der Waals surface area contributed by atoms with Crippen LogP contribution < -0.4 is 10.2 Å². The number of phenolic OH excluding ortho intramolecular Hbond substituents is 1. The topological polar surface area (TPSA) is 156 Å². The fraction of sp³-hybridized carbons (Fsp3) is 0.500. The predicted octanol–water partition coefficient (Wildman–Crippen LogP) is 0.173. The molecule has 0 radical (unpaired) electrons. The van der Waals surface area contributed by atoms with Crippen molar-refractivity contribution in [1.29, 1.82) is 0 Å². The number of aliphatic hydroxyl groups is 3. The van der Waals surface area contributed by atoms with Crippen LogP contribution in [-0.2, 0) is 14.3 Å². The number of aliphatic hydroxyl groups excluding tert-OH is 3. The molecule has 164 valence electrons. The monoisotopic (exact) mass is 424 g/mol. The number of aromatic hydroxyl groups is 1. The van der Waals surface area contributed by atoms with E-state index in [4.69, 9.17) is 18.6 Å². The molecule has 0 saturated carbocycles. The molecule has 3 rings (SSSR count). The Balaban J connectivity index is 2.00. The highest BCUT2D eigenvalue weighted by Crippen LogP contribution is 2.39. The fourth-order valence-electron chi connectivity index (χ4n) is 3.42. The van der Waals surface area contributed by atoms with Crippen molar-refractivity contribution in [2.75, 3.05) is 6.61 Å². The molecule has 1 aliphatic heterocycles. The number of fused-ring (bicyclic) bond motifs is 1. The molecule has 1 aromatic carbocycles. The zero-order chi connectivity index (χ0) is 22.3. The molecule has 5 atom stereocenters. The molecule has 1 aliphatic rings. The van der Waals surface area contributed by atoms with Crippen molar-refractivity contribution in [3.05, 3.63) is 33.2 Å². The summed E-state index contributed by atoms with van der Waals surface area (Å²) in [6, 6.07) is 1.26. The van der Waals surface area contributed by atoms with Gasteiger partial charge in [0.15, 0.2) is 5.43 Å². The number of benzene rings is 1. The maximum atomic E-state index is 12.3. The van der Waals surface area contributed by atoms with Crippen molar-refractivity contribution in [1.82, 2.24) is 0 Å². The number of hydrogen-bond acceptors (Lipinski definition) is 10.